The topological polar surface area (TPSA) is 96.7 Å². The van der Waals surface area contributed by atoms with Crippen LogP contribution in [0.1, 0.15) is 18.9 Å². The lowest BCUT2D eigenvalue weighted by molar-refractivity contribution is -0.147. The van der Waals surface area contributed by atoms with Crippen molar-refractivity contribution in [1.29, 1.82) is 0 Å². The summed E-state index contributed by atoms with van der Waals surface area (Å²) in [5, 5.41) is 11.4. The molecule has 1 fully saturated rings. The zero-order valence-electron chi connectivity index (χ0n) is 16.2. The molecule has 0 aromatic carbocycles. The summed E-state index contributed by atoms with van der Waals surface area (Å²) in [4.78, 5) is 28.5. The van der Waals surface area contributed by atoms with Crippen molar-refractivity contribution in [2.24, 2.45) is 17.8 Å². The Bertz CT molecular complexity index is 1390. The van der Waals surface area contributed by atoms with Crippen molar-refractivity contribution in [2.45, 2.75) is 18.9 Å². The summed E-state index contributed by atoms with van der Waals surface area (Å²) in [6.07, 6.45) is 11.9. The van der Waals surface area contributed by atoms with Crippen LogP contribution in [-0.4, -0.2) is 35.6 Å². The van der Waals surface area contributed by atoms with Crippen molar-refractivity contribution in [3.63, 3.8) is 0 Å². The van der Waals surface area contributed by atoms with Gasteiger partial charge in [-0.2, -0.15) is 0 Å². The number of rotatable bonds is 3. The number of hydrogen-bond acceptors (Lipinski definition) is 4. The van der Waals surface area contributed by atoms with Gasteiger partial charge < -0.3 is 14.7 Å². The van der Waals surface area contributed by atoms with Crippen LogP contribution in [0.25, 0.3) is 33.5 Å². The number of pyridine rings is 1. The molecule has 2 bridgehead atoms. The Morgan fingerprint density at radius 3 is 2.77 bits per heavy atom. The largest absolute Gasteiger partial charge is 0.481 e. The molecule has 4 atom stereocenters. The third kappa shape index (κ3) is 2.71. The first-order chi connectivity index (χ1) is 15.0. The third-order valence-corrected chi connectivity index (χ3v) is 6.78. The van der Waals surface area contributed by atoms with Crippen LogP contribution in [0.15, 0.2) is 43.0 Å². The Hall–Kier alpha value is -3.26. The lowest BCUT2D eigenvalue weighted by Gasteiger charge is -2.43. The second-order valence-corrected chi connectivity index (χ2v) is 8.65. The predicted molar refractivity (Wildman–Crippen MR) is 113 cm³/mol. The number of hydrogen-bond donors (Lipinski definition) is 2. The number of aliphatic carboxylic acids is 1. The van der Waals surface area contributed by atoms with Gasteiger partial charge in [-0.25, -0.2) is 19.3 Å². The lowest BCUT2D eigenvalue weighted by Crippen LogP contribution is -2.42. The van der Waals surface area contributed by atoms with E-state index in [1.54, 1.807) is 23.0 Å². The maximum Gasteiger partial charge on any atom is 0.309 e. The quantitative estimate of drug-likeness (QED) is 0.456. The molecule has 0 aliphatic heterocycles. The molecule has 1 saturated carbocycles. The summed E-state index contributed by atoms with van der Waals surface area (Å²) < 4.78 is 16.5. The molecule has 3 aliphatic rings. The minimum atomic E-state index is -0.863. The Morgan fingerprint density at radius 1 is 1.19 bits per heavy atom. The van der Waals surface area contributed by atoms with Crippen LogP contribution in [-0.2, 0) is 4.79 Å². The second-order valence-electron chi connectivity index (χ2n) is 8.21. The van der Waals surface area contributed by atoms with E-state index >= 15 is 0 Å². The summed E-state index contributed by atoms with van der Waals surface area (Å²) >= 11 is 6.11. The van der Waals surface area contributed by atoms with Crippen molar-refractivity contribution in [1.82, 2.24) is 24.5 Å². The molecule has 4 aromatic heterocycles. The number of aromatic nitrogens is 5. The fourth-order valence-electron chi connectivity index (χ4n) is 5.19. The molecule has 156 valence electrons. The first kappa shape index (κ1) is 18.5. The van der Waals surface area contributed by atoms with Gasteiger partial charge in [-0.05, 0) is 30.7 Å². The average molecular weight is 438 g/mol. The van der Waals surface area contributed by atoms with Crippen molar-refractivity contribution < 1.29 is 14.3 Å². The van der Waals surface area contributed by atoms with Crippen molar-refractivity contribution in [3.05, 3.63) is 53.8 Å². The van der Waals surface area contributed by atoms with E-state index in [0.29, 0.717) is 27.7 Å². The van der Waals surface area contributed by atoms with Gasteiger partial charge in [-0.1, -0.05) is 23.8 Å². The van der Waals surface area contributed by atoms with Gasteiger partial charge in [0.05, 0.1) is 22.4 Å². The molecule has 4 unspecified atom stereocenters. The summed E-state index contributed by atoms with van der Waals surface area (Å²) in [6.45, 7) is 0. The van der Waals surface area contributed by atoms with Crippen LogP contribution in [0.3, 0.4) is 0 Å². The molecule has 2 N–H and O–H groups in total. The van der Waals surface area contributed by atoms with E-state index in [1.165, 1.54) is 12.4 Å². The fourth-order valence-corrected chi connectivity index (χ4v) is 5.34. The number of nitrogens with zero attached hydrogens (tertiary/aromatic N) is 4. The molecule has 7 rings (SSSR count). The van der Waals surface area contributed by atoms with Crippen LogP contribution in [0, 0.1) is 23.6 Å². The van der Waals surface area contributed by atoms with Gasteiger partial charge in [0.2, 0.25) is 0 Å². The number of carboxylic acids is 1. The van der Waals surface area contributed by atoms with E-state index in [1.807, 2.05) is 6.08 Å². The Kier molecular flexibility index (Phi) is 3.95. The van der Waals surface area contributed by atoms with Gasteiger partial charge in [-0.3, -0.25) is 4.79 Å². The highest BCUT2D eigenvalue weighted by atomic mass is 35.5. The van der Waals surface area contributed by atoms with Crippen LogP contribution in [0.2, 0.25) is 5.02 Å². The maximum absolute atomic E-state index is 14.8. The fraction of sp³-hybridized carbons (Fsp3) is 0.273. The highest BCUT2D eigenvalue weighted by Gasteiger charge is 2.46. The molecule has 0 radical (unpaired) electrons. The zero-order valence-corrected chi connectivity index (χ0v) is 16.9. The van der Waals surface area contributed by atoms with Crippen molar-refractivity contribution in [2.75, 3.05) is 0 Å². The third-order valence-electron chi connectivity index (χ3n) is 6.57. The minimum Gasteiger partial charge on any atom is -0.481 e. The average Bonchev–Trinajstić information content (AvgIpc) is 3.34. The van der Waals surface area contributed by atoms with Gasteiger partial charge >= 0.3 is 5.97 Å². The molecule has 4 aromatic rings. The molecular formula is C22H17ClFN5O2. The van der Waals surface area contributed by atoms with Gasteiger partial charge in [0.1, 0.15) is 11.3 Å². The number of allylic oxidation sites excluding steroid dienone is 2. The van der Waals surface area contributed by atoms with Crippen LogP contribution >= 0.6 is 11.6 Å². The summed E-state index contributed by atoms with van der Waals surface area (Å²) in [7, 11) is 0. The van der Waals surface area contributed by atoms with Crippen molar-refractivity contribution >= 4 is 39.6 Å². The molecule has 0 spiro atoms. The first-order valence-corrected chi connectivity index (χ1v) is 10.5. The smallest absolute Gasteiger partial charge is 0.309 e. The molecule has 3 aliphatic carbocycles. The molecule has 9 heteroatoms. The number of fused-ring (bicyclic) bond motifs is 4. The van der Waals surface area contributed by atoms with E-state index in [2.05, 4.69) is 26.0 Å². The van der Waals surface area contributed by atoms with E-state index in [4.69, 9.17) is 11.6 Å². The van der Waals surface area contributed by atoms with Gasteiger partial charge in [0.25, 0.3) is 0 Å². The molecule has 7 nitrogen and oxygen atoms in total. The van der Waals surface area contributed by atoms with Crippen LogP contribution in [0.4, 0.5) is 4.39 Å². The molecular weight excluding hydrogens is 421 g/mol. The predicted octanol–water partition coefficient (Wildman–Crippen LogP) is 4.61. The Morgan fingerprint density at radius 2 is 2.00 bits per heavy atom. The normalized spacial score (nSPS) is 25.0. The highest BCUT2D eigenvalue weighted by Crippen LogP contribution is 2.48. The zero-order chi connectivity index (χ0) is 21.3. The highest BCUT2D eigenvalue weighted by molar-refractivity contribution is 6.31. The number of H-pyrrole nitrogens is 1. The monoisotopic (exact) mass is 437 g/mol. The van der Waals surface area contributed by atoms with E-state index in [9.17, 15) is 14.3 Å². The SMILES string of the molecule is O=C(O)C1C2C=CC(CC2)C1n1cc(F)c2cnc(-c3c[nH]c4ncc(Cl)cc34)nc21. The van der Waals surface area contributed by atoms with Crippen LogP contribution < -0.4 is 0 Å². The van der Waals surface area contributed by atoms with Gasteiger partial charge in [0.15, 0.2) is 11.6 Å². The molecule has 0 saturated heterocycles. The summed E-state index contributed by atoms with van der Waals surface area (Å²) in [5.41, 5.74) is 1.73. The lowest BCUT2D eigenvalue weighted by atomic mass is 9.65. The first-order valence-electron chi connectivity index (χ1n) is 10.1. The number of halogens is 2. The minimum absolute atomic E-state index is 0.0237. The second kappa shape index (κ2) is 6.62. The standard InChI is InChI=1S/C22H17ClFN5O2/c23-12-5-13-14(7-26-19(13)25-6-12)20-27-8-15-16(24)9-29(21(15)28-20)18-11-3-1-10(2-4-11)17(18)22(30)31/h1,3,5-11,17-18H,2,4H2,(H,25,26)(H,30,31). The van der Waals surface area contributed by atoms with E-state index in [0.717, 1.165) is 18.2 Å². The molecule has 0 amide bonds. The van der Waals surface area contributed by atoms with Crippen LogP contribution in [0.5, 0.6) is 0 Å². The summed E-state index contributed by atoms with van der Waals surface area (Å²) in [5.74, 6) is -1.58. The van der Waals surface area contributed by atoms with Crippen molar-refractivity contribution in [3.8, 4) is 11.4 Å². The molecule has 4 heterocycles. The number of nitrogens with one attached hydrogen (secondary N) is 1. The molecule has 31 heavy (non-hydrogen) atoms. The van der Waals surface area contributed by atoms with E-state index < -0.39 is 23.7 Å². The maximum atomic E-state index is 14.8. The number of carboxylic acid groups (broad SMARTS) is 1. The number of carbonyl (C=O) groups is 1. The Labute approximate surface area is 180 Å². The van der Waals surface area contributed by atoms with Gasteiger partial charge in [0, 0.05) is 35.7 Å². The summed E-state index contributed by atoms with van der Waals surface area (Å²) in [6, 6.07) is 1.38. The Balaban J connectivity index is 1.54. The van der Waals surface area contributed by atoms with Gasteiger partial charge in [-0.15, -0.1) is 0 Å². The number of aromatic amines is 1. The van der Waals surface area contributed by atoms with E-state index in [-0.39, 0.29) is 17.2 Å².